The predicted molar refractivity (Wildman–Crippen MR) is 92.3 cm³/mol. The first kappa shape index (κ1) is 22.1. The van der Waals surface area contributed by atoms with Crippen LogP contribution >= 0.6 is 128 Å². The molecular formula is C6HCl11O3S. The van der Waals surface area contributed by atoms with E-state index in [1.165, 1.54) is 0 Å². The van der Waals surface area contributed by atoms with Crippen molar-refractivity contribution in [1.29, 1.82) is 0 Å². The topological polar surface area (TPSA) is 54.4 Å². The Balaban J connectivity index is 4.02. The SMILES string of the molecule is O=S(=O)(O)C1(Cl)C(Cl)(Cl)C(Cl)(Cl)C(Cl)(Cl)C(Cl)(Cl)C1(Cl)Cl. The van der Waals surface area contributed by atoms with Gasteiger partial charge in [0.05, 0.1) is 0 Å². The number of rotatable bonds is 1. The summed E-state index contributed by atoms with van der Waals surface area (Å²) in [4.78, 5) is 0. The monoisotopic (exact) mass is 538 g/mol. The van der Waals surface area contributed by atoms with Crippen LogP contribution in [0.5, 0.6) is 0 Å². The highest BCUT2D eigenvalue weighted by Crippen LogP contribution is 2.77. The van der Waals surface area contributed by atoms with Gasteiger partial charge in [-0.2, -0.15) is 8.42 Å². The fourth-order valence-corrected chi connectivity index (χ4v) is 7.95. The molecule has 1 aliphatic carbocycles. The van der Waals surface area contributed by atoms with Crippen molar-refractivity contribution in [2.75, 3.05) is 0 Å². The molecule has 126 valence electrons. The van der Waals surface area contributed by atoms with E-state index in [-0.39, 0.29) is 0 Å². The standard InChI is InChI=1S/C6HCl11O3S/c7-1(8)2(9,10)4(13,14)6(17,21(18,19)20)5(15,16)3(1,11)12/h(H,18,19,20). The number of alkyl halides is 11. The Labute approximate surface area is 175 Å². The maximum absolute atomic E-state index is 11.7. The van der Waals surface area contributed by atoms with Crippen LogP contribution in [0, 0.1) is 0 Å². The Morgan fingerprint density at radius 3 is 0.905 bits per heavy atom. The van der Waals surface area contributed by atoms with Gasteiger partial charge < -0.3 is 0 Å². The Morgan fingerprint density at radius 2 is 0.714 bits per heavy atom. The zero-order chi connectivity index (χ0) is 17.5. The molecule has 0 atom stereocenters. The van der Waals surface area contributed by atoms with Crippen molar-refractivity contribution in [2.45, 2.75) is 25.9 Å². The Bertz CT molecular complexity index is 535. The maximum Gasteiger partial charge on any atom is 0.291 e. The summed E-state index contributed by atoms with van der Waals surface area (Å²) in [6, 6.07) is 0. The normalized spacial score (nSPS) is 31.6. The molecule has 0 bridgehead atoms. The highest BCUT2D eigenvalue weighted by molar-refractivity contribution is 7.89. The molecule has 0 aromatic rings. The molecule has 0 aromatic carbocycles. The van der Waals surface area contributed by atoms with Gasteiger partial charge in [-0.05, 0) is 0 Å². The summed E-state index contributed by atoms with van der Waals surface area (Å²) in [7, 11) is -5.45. The van der Waals surface area contributed by atoms with Gasteiger partial charge in [0, 0.05) is 0 Å². The van der Waals surface area contributed by atoms with Crippen LogP contribution in [0.3, 0.4) is 0 Å². The van der Waals surface area contributed by atoms with Crippen molar-refractivity contribution >= 4 is 138 Å². The summed E-state index contributed by atoms with van der Waals surface area (Å²) in [5, 5.41) is 0. The number of hydrogen-bond donors (Lipinski definition) is 1. The molecule has 1 N–H and O–H groups in total. The second kappa shape index (κ2) is 5.55. The van der Waals surface area contributed by atoms with Crippen LogP contribution in [-0.2, 0) is 10.1 Å². The zero-order valence-corrected chi connectivity index (χ0v) is 18.0. The van der Waals surface area contributed by atoms with Crippen LogP contribution in [0.25, 0.3) is 0 Å². The molecule has 21 heavy (non-hydrogen) atoms. The van der Waals surface area contributed by atoms with Crippen molar-refractivity contribution in [3.8, 4) is 0 Å². The highest BCUT2D eigenvalue weighted by Gasteiger charge is 2.91. The van der Waals surface area contributed by atoms with Gasteiger partial charge in [-0.3, -0.25) is 4.55 Å². The second-order valence-corrected chi connectivity index (χ2v) is 12.9. The van der Waals surface area contributed by atoms with Gasteiger partial charge in [0.2, 0.25) is 4.21 Å². The van der Waals surface area contributed by atoms with Crippen LogP contribution in [0.1, 0.15) is 0 Å². The molecule has 0 radical (unpaired) electrons. The van der Waals surface area contributed by atoms with Crippen LogP contribution < -0.4 is 0 Å². The van der Waals surface area contributed by atoms with Crippen LogP contribution in [-0.4, -0.2) is 38.8 Å². The molecule has 15 heteroatoms. The lowest BCUT2D eigenvalue weighted by Gasteiger charge is -2.61. The summed E-state index contributed by atoms with van der Waals surface area (Å²) in [5.74, 6) is 0. The third kappa shape index (κ3) is 2.35. The van der Waals surface area contributed by atoms with E-state index in [1.807, 2.05) is 0 Å². The van der Waals surface area contributed by atoms with Gasteiger partial charge in [-0.25, -0.2) is 0 Å². The molecular weight excluding hydrogens is 542 g/mol. The molecule has 0 unspecified atom stereocenters. The van der Waals surface area contributed by atoms with Crippen molar-refractivity contribution in [2.24, 2.45) is 0 Å². The fourth-order valence-electron chi connectivity index (χ4n) is 1.52. The van der Waals surface area contributed by atoms with E-state index in [4.69, 9.17) is 128 Å². The van der Waals surface area contributed by atoms with Crippen molar-refractivity contribution in [3.05, 3.63) is 0 Å². The van der Waals surface area contributed by atoms with Crippen LogP contribution in [0.15, 0.2) is 0 Å². The Kier molecular flexibility index (Phi) is 5.85. The van der Waals surface area contributed by atoms with Crippen molar-refractivity contribution in [1.82, 2.24) is 0 Å². The minimum atomic E-state index is -5.45. The third-order valence-electron chi connectivity index (χ3n) is 2.74. The average Bonchev–Trinajstić information content (AvgIpc) is 2.23. The first-order chi connectivity index (χ1) is 8.75. The summed E-state index contributed by atoms with van der Waals surface area (Å²) in [6.07, 6.45) is 0. The minimum Gasteiger partial charge on any atom is -0.284 e. The number of hydrogen-bond acceptors (Lipinski definition) is 2. The summed E-state index contributed by atoms with van der Waals surface area (Å²) >= 11 is 64.2. The lowest BCUT2D eigenvalue weighted by Crippen LogP contribution is -2.81. The third-order valence-corrected chi connectivity index (χ3v) is 13.3. The second-order valence-electron chi connectivity index (χ2n) is 3.94. The molecule has 0 amide bonds. The van der Waals surface area contributed by atoms with Gasteiger partial charge >= 0.3 is 0 Å². The van der Waals surface area contributed by atoms with Crippen LogP contribution in [0.2, 0.25) is 0 Å². The van der Waals surface area contributed by atoms with Crippen LogP contribution in [0.4, 0.5) is 0 Å². The van der Waals surface area contributed by atoms with Crippen molar-refractivity contribution in [3.63, 3.8) is 0 Å². The van der Waals surface area contributed by atoms with E-state index in [0.717, 1.165) is 0 Å². The van der Waals surface area contributed by atoms with E-state index in [0.29, 0.717) is 0 Å². The fraction of sp³-hybridized carbons (Fsp3) is 1.00. The van der Waals surface area contributed by atoms with Gasteiger partial charge in [-0.1, -0.05) is 128 Å². The molecule has 0 aromatic heterocycles. The molecule has 0 aliphatic heterocycles. The van der Waals surface area contributed by atoms with Gasteiger partial charge in [-0.15, -0.1) is 0 Å². The highest BCUT2D eigenvalue weighted by atomic mass is 35.6. The molecule has 1 rings (SSSR count). The van der Waals surface area contributed by atoms with Crippen molar-refractivity contribution < 1.29 is 13.0 Å². The van der Waals surface area contributed by atoms with Gasteiger partial charge in [0.1, 0.15) is 0 Å². The molecule has 0 saturated heterocycles. The Hall–Kier alpha value is 3.10. The first-order valence-electron chi connectivity index (χ1n) is 4.30. The molecule has 1 aliphatic rings. The largest absolute Gasteiger partial charge is 0.291 e. The van der Waals surface area contributed by atoms with E-state index in [9.17, 15) is 13.0 Å². The van der Waals surface area contributed by atoms with Gasteiger partial charge in [0.25, 0.3) is 10.1 Å². The lowest BCUT2D eigenvalue weighted by atomic mass is 9.93. The van der Waals surface area contributed by atoms with E-state index < -0.39 is 36.0 Å². The quantitative estimate of drug-likeness (QED) is 0.342. The van der Waals surface area contributed by atoms with E-state index in [1.54, 1.807) is 0 Å². The smallest absolute Gasteiger partial charge is 0.284 e. The summed E-state index contributed by atoms with van der Waals surface area (Å²) in [6.45, 7) is 0. The first-order valence-corrected chi connectivity index (χ1v) is 9.90. The molecule has 1 fully saturated rings. The number of halogens is 11. The van der Waals surface area contributed by atoms with E-state index >= 15 is 0 Å². The molecule has 3 nitrogen and oxygen atoms in total. The lowest BCUT2D eigenvalue weighted by molar-refractivity contribution is 0.336. The summed E-state index contributed by atoms with van der Waals surface area (Å²) < 4.78 is 14.8. The average molecular weight is 543 g/mol. The minimum absolute atomic E-state index is 2.72. The van der Waals surface area contributed by atoms with Gasteiger partial charge in [0.15, 0.2) is 21.7 Å². The Morgan fingerprint density at radius 1 is 0.524 bits per heavy atom. The summed E-state index contributed by atoms with van der Waals surface area (Å²) in [5.41, 5.74) is 0. The molecule has 1 saturated carbocycles. The molecule has 0 heterocycles. The van der Waals surface area contributed by atoms with E-state index in [2.05, 4.69) is 0 Å². The zero-order valence-electron chi connectivity index (χ0n) is 8.83. The maximum atomic E-state index is 11.7. The predicted octanol–water partition coefficient (Wildman–Crippen LogP) is 5.69. The molecule has 0 spiro atoms.